The van der Waals surface area contributed by atoms with Crippen molar-refractivity contribution in [1.82, 2.24) is 4.90 Å². The summed E-state index contributed by atoms with van der Waals surface area (Å²) in [5.74, 6) is -0.923. The van der Waals surface area contributed by atoms with Crippen molar-refractivity contribution in [2.24, 2.45) is 5.92 Å². The van der Waals surface area contributed by atoms with Crippen molar-refractivity contribution in [2.45, 2.75) is 12.8 Å². The summed E-state index contributed by atoms with van der Waals surface area (Å²) in [6, 6.07) is 9.36. The first-order chi connectivity index (χ1) is 9.65. The molecule has 0 aromatic heterocycles. The summed E-state index contributed by atoms with van der Waals surface area (Å²) in [6.07, 6.45) is -0.651. The zero-order valence-electron chi connectivity index (χ0n) is 10.8. The number of carbonyl (C=O) groups is 2. The number of likely N-dealkylation sites (tertiary alicyclic amines) is 1. The summed E-state index contributed by atoms with van der Waals surface area (Å²) in [7, 11) is 0. The average Bonchev–Trinajstić information content (AvgIpc) is 2.98. The third-order valence-corrected chi connectivity index (χ3v) is 3.66. The molecule has 1 heterocycles. The first-order valence-electron chi connectivity index (χ1n) is 6.49. The summed E-state index contributed by atoms with van der Waals surface area (Å²) in [5, 5.41) is 0. The third kappa shape index (κ3) is 2.31. The van der Waals surface area contributed by atoms with Crippen molar-refractivity contribution in [1.29, 1.82) is 0 Å². The largest absolute Gasteiger partial charge is 0.445 e. The fraction of sp³-hybridized carbons (Fsp3) is 0.333. The molecule has 0 N–H and O–H groups in total. The number of halogens is 1. The Morgan fingerprint density at radius 2 is 2.10 bits per heavy atom. The number of ether oxygens (including phenoxy) is 1. The minimum absolute atomic E-state index is 0.194. The molecule has 2 unspecified atom stereocenters. The van der Waals surface area contributed by atoms with Crippen LogP contribution in [0.2, 0.25) is 0 Å². The molecule has 1 aromatic rings. The van der Waals surface area contributed by atoms with Crippen molar-refractivity contribution < 1.29 is 18.7 Å². The lowest BCUT2D eigenvalue weighted by molar-refractivity contribution is -0.123. The predicted octanol–water partition coefficient (Wildman–Crippen LogP) is 2.10. The molecule has 104 valence electrons. The van der Waals surface area contributed by atoms with E-state index in [4.69, 9.17) is 4.74 Å². The number of amides is 1. The van der Waals surface area contributed by atoms with Gasteiger partial charge in [-0.2, -0.15) is 0 Å². The predicted molar refractivity (Wildman–Crippen MR) is 69.7 cm³/mol. The lowest BCUT2D eigenvalue weighted by Crippen LogP contribution is -2.31. The Hall–Kier alpha value is -2.17. The van der Waals surface area contributed by atoms with E-state index < -0.39 is 24.0 Å². The molecule has 1 saturated heterocycles. The van der Waals surface area contributed by atoms with Crippen LogP contribution in [0.3, 0.4) is 0 Å². The van der Waals surface area contributed by atoms with Crippen LogP contribution in [-0.4, -0.2) is 36.0 Å². The lowest BCUT2D eigenvalue weighted by atomic mass is 10.0. The monoisotopic (exact) mass is 275 g/mol. The molecule has 20 heavy (non-hydrogen) atoms. The summed E-state index contributed by atoms with van der Waals surface area (Å²) in [4.78, 5) is 24.9. The van der Waals surface area contributed by atoms with Gasteiger partial charge in [0.25, 0.3) is 0 Å². The summed E-state index contributed by atoms with van der Waals surface area (Å²) in [6.45, 7) is 0.697. The Morgan fingerprint density at radius 1 is 1.35 bits per heavy atom. The van der Waals surface area contributed by atoms with Gasteiger partial charge in [0.05, 0.1) is 5.92 Å². The zero-order valence-corrected chi connectivity index (χ0v) is 10.8. The van der Waals surface area contributed by atoms with Crippen LogP contribution in [0.5, 0.6) is 0 Å². The van der Waals surface area contributed by atoms with Crippen LogP contribution >= 0.6 is 0 Å². The minimum atomic E-state index is -1.50. The highest BCUT2D eigenvalue weighted by molar-refractivity contribution is 5.94. The molecular weight excluding hydrogens is 261 g/mol. The van der Waals surface area contributed by atoms with Gasteiger partial charge in [0.15, 0.2) is 12.0 Å². The number of ketones is 1. The molecule has 2 atom stereocenters. The molecular formula is C15H14FNO3. The van der Waals surface area contributed by atoms with Crippen molar-refractivity contribution in [3.05, 3.63) is 47.5 Å². The molecule has 0 spiro atoms. The highest BCUT2D eigenvalue weighted by atomic mass is 19.1. The van der Waals surface area contributed by atoms with E-state index in [9.17, 15) is 14.0 Å². The molecule has 1 aliphatic carbocycles. The number of fused-ring (bicyclic) bond motifs is 1. The Kier molecular flexibility index (Phi) is 3.26. The zero-order chi connectivity index (χ0) is 14.1. The SMILES string of the molecule is O=C1C(F)C=C2CN(C(=O)OCc3ccccc3)CC12. The van der Waals surface area contributed by atoms with Crippen LogP contribution in [0.4, 0.5) is 9.18 Å². The fourth-order valence-corrected chi connectivity index (χ4v) is 2.59. The highest BCUT2D eigenvalue weighted by Crippen LogP contribution is 2.32. The van der Waals surface area contributed by atoms with E-state index in [0.29, 0.717) is 5.57 Å². The maximum absolute atomic E-state index is 13.2. The second kappa shape index (κ2) is 5.07. The van der Waals surface area contributed by atoms with Gasteiger partial charge in [-0.3, -0.25) is 4.79 Å². The number of hydrogen-bond acceptors (Lipinski definition) is 3. The highest BCUT2D eigenvalue weighted by Gasteiger charge is 2.43. The molecule has 0 bridgehead atoms. The fourth-order valence-electron chi connectivity index (χ4n) is 2.59. The van der Waals surface area contributed by atoms with Crippen LogP contribution in [0.15, 0.2) is 42.0 Å². The van der Waals surface area contributed by atoms with E-state index in [0.717, 1.165) is 5.56 Å². The normalized spacial score (nSPS) is 24.6. The van der Waals surface area contributed by atoms with Gasteiger partial charge in [-0.15, -0.1) is 0 Å². The molecule has 0 radical (unpaired) electrons. The van der Waals surface area contributed by atoms with Gasteiger partial charge in [-0.25, -0.2) is 9.18 Å². The van der Waals surface area contributed by atoms with Gasteiger partial charge in [-0.1, -0.05) is 30.3 Å². The maximum Gasteiger partial charge on any atom is 0.410 e. The van der Waals surface area contributed by atoms with Crippen LogP contribution < -0.4 is 0 Å². The molecule has 3 rings (SSSR count). The molecule has 4 nitrogen and oxygen atoms in total. The van der Waals surface area contributed by atoms with Crippen molar-refractivity contribution in [3.63, 3.8) is 0 Å². The number of rotatable bonds is 2. The Balaban J connectivity index is 1.57. The van der Waals surface area contributed by atoms with Gasteiger partial charge in [0.2, 0.25) is 0 Å². The number of benzene rings is 1. The van der Waals surface area contributed by atoms with E-state index in [1.165, 1.54) is 11.0 Å². The van der Waals surface area contributed by atoms with Crippen LogP contribution in [0.1, 0.15) is 5.56 Å². The Morgan fingerprint density at radius 3 is 2.80 bits per heavy atom. The molecule has 1 amide bonds. The van der Waals surface area contributed by atoms with Crippen LogP contribution in [0, 0.1) is 5.92 Å². The lowest BCUT2D eigenvalue weighted by Gasteiger charge is -2.16. The number of Topliss-reactive ketones (excluding diaryl/α,β-unsaturated/α-hetero) is 1. The molecule has 1 fully saturated rings. The molecule has 5 heteroatoms. The first kappa shape index (κ1) is 12.8. The van der Waals surface area contributed by atoms with Crippen molar-refractivity contribution in [2.75, 3.05) is 13.1 Å². The minimum Gasteiger partial charge on any atom is -0.445 e. The summed E-state index contributed by atoms with van der Waals surface area (Å²) < 4.78 is 18.4. The summed E-state index contributed by atoms with van der Waals surface area (Å²) >= 11 is 0. The van der Waals surface area contributed by atoms with Crippen molar-refractivity contribution in [3.8, 4) is 0 Å². The van der Waals surface area contributed by atoms with E-state index in [1.807, 2.05) is 30.3 Å². The quantitative estimate of drug-likeness (QED) is 0.777. The first-order valence-corrected chi connectivity index (χ1v) is 6.49. The number of allylic oxidation sites excluding steroid dienone is 1. The second-order valence-corrected chi connectivity index (χ2v) is 5.02. The molecule has 2 aliphatic rings. The maximum atomic E-state index is 13.2. The Labute approximate surface area is 115 Å². The van der Waals surface area contributed by atoms with Crippen molar-refractivity contribution >= 4 is 11.9 Å². The van der Waals surface area contributed by atoms with E-state index in [1.54, 1.807) is 0 Å². The van der Waals surface area contributed by atoms with Gasteiger partial charge in [0, 0.05) is 13.1 Å². The van der Waals surface area contributed by atoms with E-state index >= 15 is 0 Å². The molecule has 1 aromatic carbocycles. The van der Waals surface area contributed by atoms with Crippen LogP contribution in [0.25, 0.3) is 0 Å². The average molecular weight is 275 g/mol. The van der Waals surface area contributed by atoms with Gasteiger partial charge < -0.3 is 9.64 Å². The third-order valence-electron chi connectivity index (χ3n) is 3.66. The number of nitrogens with zero attached hydrogens (tertiary/aromatic N) is 1. The number of carbonyl (C=O) groups excluding carboxylic acids is 2. The van der Waals surface area contributed by atoms with Crippen LogP contribution in [-0.2, 0) is 16.1 Å². The van der Waals surface area contributed by atoms with E-state index in [-0.39, 0.29) is 19.7 Å². The summed E-state index contributed by atoms with van der Waals surface area (Å²) in [5.41, 5.74) is 1.60. The van der Waals surface area contributed by atoms with Gasteiger partial charge >= 0.3 is 6.09 Å². The van der Waals surface area contributed by atoms with Gasteiger partial charge in [0.1, 0.15) is 6.61 Å². The molecule has 1 aliphatic heterocycles. The Bertz CT molecular complexity index is 570. The van der Waals surface area contributed by atoms with E-state index in [2.05, 4.69) is 0 Å². The molecule has 0 saturated carbocycles. The number of alkyl halides is 1. The topological polar surface area (TPSA) is 46.6 Å². The smallest absolute Gasteiger partial charge is 0.410 e. The number of hydrogen-bond donors (Lipinski definition) is 0. The second-order valence-electron chi connectivity index (χ2n) is 5.02. The van der Waals surface area contributed by atoms with Gasteiger partial charge in [-0.05, 0) is 17.2 Å². The standard InChI is InChI=1S/C15H14FNO3/c16-13-6-11-7-17(8-12(11)14(13)18)15(19)20-9-10-4-2-1-3-5-10/h1-6,12-13H,7-9H2.